The van der Waals surface area contributed by atoms with Gasteiger partial charge in [-0.2, -0.15) is 10.2 Å². The summed E-state index contributed by atoms with van der Waals surface area (Å²) in [4.78, 5) is 16.9. The Bertz CT molecular complexity index is 1360. The summed E-state index contributed by atoms with van der Waals surface area (Å²) in [7, 11) is 1.65. The Hall–Kier alpha value is -3.82. The van der Waals surface area contributed by atoms with Crippen molar-refractivity contribution in [3.05, 3.63) is 53.5 Å². The first kappa shape index (κ1) is 22.6. The Balaban J connectivity index is 1.29. The average Bonchev–Trinajstić information content (AvgIpc) is 3.77. The molecule has 2 saturated carbocycles. The molecule has 4 aromatic rings. The van der Waals surface area contributed by atoms with Gasteiger partial charge in [-0.15, -0.1) is 10.2 Å². The number of H-pyrrole nitrogens is 2. The van der Waals surface area contributed by atoms with Crippen LogP contribution in [0, 0.1) is 37.4 Å². The van der Waals surface area contributed by atoms with Crippen LogP contribution < -0.4 is 5.32 Å². The maximum atomic E-state index is 14.3. The van der Waals surface area contributed by atoms with Crippen molar-refractivity contribution in [3.63, 3.8) is 0 Å². The zero-order valence-corrected chi connectivity index (χ0v) is 20.5. The van der Waals surface area contributed by atoms with Crippen LogP contribution >= 0.6 is 0 Å². The molecule has 3 aromatic heterocycles. The lowest BCUT2D eigenvalue weighted by molar-refractivity contribution is -0.119. The Morgan fingerprint density at radius 2 is 1.81 bits per heavy atom. The van der Waals surface area contributed by atoms with Crippen molar-refractivity contribution in [3.8, 4) is 22.6 Å². The van der Waals surface area contributed by atoms with Gasteiger partial charge in [0, 0.05) is 24.0 Å². The summed E-state index contributed by atoms with van der Waals surface area (Å²) < 4.78 is 15.7. The Kier molecular flexibility index (Phi) is 5.46. The topological polar surface area (TPSA) is 117 Å². The number of carbonyl (C=O) groups is 1. The molecule has 1 amide bonds. The second kappa shape index (κ2) is 8.69. The predicted octanol–water partition coefficient (Wildman–Crippen LogP) is 4.51. The Morgan fingerprint density at radius 3 is 2.36 bits per heavy atom. The number of carbonyl (C=O) groups excluding carboxylic acids is 1. The Labute approximate surface area is 207 Å². The lowest BCUT2D eigenvalue weighted by atomic mass is 9.82. The van der Waals surface area contributed by atoms with Crippen molar-refractivity contribution in [2.45, 2.75) is 45.4 Å². The Morgan fingerprint density at radius 1 is 1.11 bits per heavy atom. The highest BCUT2D eigenvalue weighted by Crippen LogP contribution is 2.54. The van der Waals surface area contributed by atoms with Gasteiger partial charge in [0.05, 0.1) is 11.9 Å². The first-order chi connectivity index (χ1) is 17.4. The van der Waals surface area contributed by atoms with Gasteiger partial charge >= 0.3 is 0 Å². The smallest absolute Gasteiger partial charge is 0.235 e. The molecule has 0 radical (unpaired) electrons. The number of nitrogens with one attached hydrogen (secondary N) is 3. The molecule has 9 nitrogen and oxygen atoms in total. The maximum absolute atomic E-state index is 14.3. The van der Waals surface area contributed by atoms with Crippen LogP contribution in [0.4, 0.5) is 10.1 Å². The average molecular weight is 489 g/mol. The summed E-state index contributed by atoms with van der Waals surface area (Å²) in [6, 6.07) is 7.81. The molecule has 10 heteroatoms. The second-order valence-corrected chi connectivity index (χ2v) is 10.1. The summed E-state index contributed by atoms with van der Waals surface area (Å²) in [5.41, 5.74) is 5.00. The molecule has 1 aromatic carbocycles. The number of halogens is 1. The minimum Gasteiger partial charge on any atom is -0.325 e. The third-order valence-electron chi connectivity index (χ3n) is 7.49. The van der Waals surface area contributed by atoms with E-state index in [0.717, 1.165) is 60.1 Å². The molecule has 2 aliphatic rings. The molecule has 2 aliphatic carbocycles. The summed E-state index contributed by atoms with van der Waals surface area (Å²) in [5, 5.41) is 22.9. The van der Waals surface area contributed by atoms with Crippen molar-refractivity contribution >= 4 is 11.6 Å². The van der Waals surface area contributed by atoms with E-state index in [1.165, 1.54) is 4.68 Å². The quantitative estimate of drug-likeness (QED) is 0.337. The summed E-state index contributed by atoms with van der Waals surface area (Å²) >= 11 is 0. The molecule has 6 rings (SSSR count). The monoisotopic (exact) mass is 488 g/mol. The molecular formula is C26H29FN8O. The van der Waals surface area contributed by atoms with Gasteiger partial charge in [0.15, 0.2) is 11.6 Å². The number of rotatable bonds is 8. The zero-order valence-electron chi connectivity index (χ0n) is 20.5. The van der Waals surface area contributed by atoms with Gasteiger partial charge < -0.3 is 10.3 Å². The van der Waals surface area contributed by atoms with E-state index >= 15 is 0 Å². The van der Waals surface area contributed by atoms with Gasteiger partial charge in [-0.05, 0) is 75.0 Å². The standard InChI is InChI=1S/C26H29FN8O/c1-13-20(14(2)32-31-13)15-8-10-18(11-9-15)29-26(36)22(21(16-4-5-16)17-6-7-17)24-30-25(34-33-24)23-19(27)12-28-35(23)3/h8-12,16-17,21-22H,4-7H2,1-3H3,(H,29,36)(H,31,32)(H,30,33,34). The van der Waals surface area contributed by atoms with E-state index in [2.05, 4.69) is 35.8 Å². The minimum absolute atomic E-state index is 0.115. The number of amides is 1. The molecule has 3 heterocycles. The molecule has 2 fully saturated rings. The molecule has 36 heavy (non-hydrogen) atoms. The van der Waals surface area contributed by atoms with Crippen LogP contribution in [-0.2, 0) is 11.8 Å². The lowest BCUT2D eigenvalue weighted by Crippen LogP contribution is -2.31. The van der Waals surface area contributed by atoms with E-state index in [-0.39, 0.29) is 23.3 Å². The molecule has 0 saturated heterocycles. The highest BCUT2D eigenvalue weighted by Gasteiger charge is 2.49. The molecule has 0 spiro atoms. The minimum atomic E-state index is -0.486. The van der Waals surface area contributed by atoms with Crippen LogP contribution in [0.25, 0.3) is 22.6 Å². The summed E-state index contributed by atoms with van der Waals surface area (Å²) in [6.45, 7) is 3.96. The van der Waals surface area contributed by atoms with Crippen LogP contribution in [0.15, 0.2) is 30.5 Å². The highest BCUT2D eigenvalue weighted by molar-refractivity contribution is 5.96. The van der Waals surface area contributed by atoms with Crippen LogP contribution in [0.3, 0.4) is 0 Å². The lowest BCUT2D eigenvalue weighted by Gasteiger charge is -2.24. The SMILES string of the molecule is Cc1n[nH]c(C)c1-c1ccc(NC(=O)C(c2nnc(-c3c(F)cnn3C)[nH]2)C(C2CC2)C2CC2)cc1. The van der Waals surface area contributed by atoms with Gasteiger partial charge in [0.2, 0.25) is 5.91 Å². The molecular weight excluding hydrogens is 459 g/mol. The third-order valence-corrected chi connectivity index (χ3v) is 7.49. The molecule has 0 bridgehead atoms. The van der Waals surface area contributed by atoms with Crippen LogP contribution in [0.5, 0.6) is 0 Å². The van der Waals surface area contributed by atoms with Crippen molar-refractivity contribution in [1.82, 2.24) is 35.2 Å². The first-order valence-electron chi connectivity index (χ1n) is 12.4. The number of anilines is 1. The van der Waals surface area contributed by atoms with Crippen molar-refractivity contribution < 1.29 is 9.18 Å². The number of hydrogen-bond donors (Lipinski definition) is 3. The fraction of sp³-hybridized carbons (Fsp3) is 0.423. The van der Waals surface area contributed by atoms with Crippen LogP contribution in [-0.4, -0.2) is 41.1 Å². The predicted molar refractivity (Wildman–Crippen MR) is 132 cm³/mol. The maximum Gasteiger partial charge on any atom is 0.235 e. The molecule has 186 valence electrons. The number of aromatic amines is 2. The molecule has 1 unspecified atom stereocenters. The van der Waals surface area contributed by atoms with Crippen molar-refractivity contribution in [2.75, 3.05) is 5.32 Å². The van der Waals surface area contributed by atoms with Gasteiger partial charge in [0.25, 0.3) is 0 Å². The number of aromatic nitrogens is 7. The van der Waals surface area contributed by atoms with E-state index in [1.54, 1.807) is 7.05 Å². The van der Waals surface area contributed by atoms with E-state index in [4.69, 9.17) is 0 Å². The fourth-order valence-electron chi connectivity index (χ4n) is 5.49. The van der Waals surface area contributed by atoms with Crippen LogP contribution in [0.2, 0.25) is 0 Å². The molecule has 1 atom stereocenters. The first-order valence-corrected chi connectivity index (χ1v) is 12.4. The van der Waals surface area contributed by atoms with E-state index in [9.17, 15) is 9.18 Å². The number of nitrogens with zero attached hydrogens (tertiary/aromatic N) is 5. The summed E-state index contributed by atoms with van der Waals surface area (Å²) in [5.74, 6) is 0.877. The largest absolute Gasteiger partial charge is 0.325 e. The van der Waals surface area contributed by atoms with Gasteiger partial charge in [-0.3, -0.25) is 14.6 Å². The van der Waals surface area contributed by atoms with E-state index in [0.29, 0.717) is 17.7 Å². The fourth-order valence-corrected chi connectivity index (χ4v) is 5.49. The van der Waals surface area contributed by atoms with Crippen molar-refractivity contribution in [1.29, 1.82) is 0 Å². The normalized spacial score (nSPS) is 16.5. The summed E-state index contributed by atoms with van der Waals surface area (Å²) in [6.07, 6.45) is 5.65. The van der Waals surface area contributed by atoms with Crippen molar-refractivity contribution in [2.24, 2.45) is 24.8 Å². The number of aryl methyl sites for hydroxylation is 3. The number of hydrogen-bond acceptors (Lipinski definition) is 5. The van der Waals surface area contributed by atoms with Gasteiger partial charge in [-0.1, -0.05) is 12.1 Å². The van der Waals surface area contributed by atoms with E-state index < -0.39 is 11.7 Å². The second-order valence-electron chi connectivity index (χ2n) is 10.1. The third kappa shape index (κ3) is 4.10. The van der Waals surface area contributed by atoms with E-state index in [1.807, 2.05) is 38.1 Å². The van der Waals surface area contributed by atoms with Crippen LogP contribution in [0.1, 0.15) is 48.8 Å². The van der Waals surface area contributed by atoms with Gasteiger partial charge in [-0.25, -0.2) is 4.39 Å². The highest BCUT2D eigenvalue weighted by atomic mass is 19.1. The zero-order chi connectivity index (χ0) is 25.0. The molecule has 3 N–H and O–H groups in total. The number of benzene rings is 1. The molecule has 0 aliphatic heterocycles. The van der Waals surface area contributed by atoms with Gasteiger partial charge in [0.1, 0.15) is 17.4 Å².